The summed E-state index contributed by atoms with van der Waals surface area (Å²) < 4.78 is 28.1. The molecule has 0 aliphatic heterocycles. The monoisotopic (exact) mass is 479 g/mol. The van der Waals surface area contributed by atoms with Crippen molar-refractivity contribution in [3.8, 4) is 0 Å². The fourth-order valence-corrected chi connectivity index (χ4v) is 4.44. The zero-order chi connectivity index (χ0) is 24.9. The van der Waals surface area contributed by atoms with E-state index in [1.807, 2.05) is 33.8 Å². The summed E-state index contributed by atoms with van der Waals surface area (Å²) in [4.78, 5) is 24.5. The van der Waals surface area contributed by atoms with Crippen LogP contribution in [-0.2, 0) is 21.2 Å². The fraction of sp³-hybridized carbons (Fsp3) is 0.231. The second-order valence-corrected chi connectivity index (χ2v) is 10.1. The van der Waals surface area contributed by atoms with E-state index in [2.05, 4.69) is 15.4 Å². The van der Waals surface area contributed by atoms with Crippen LogP contribution in [0, 0.1) is 13.8 Å². The summed E-state index contributed by atoms with van der Waals surface area (Å²) in [6, 6.07) is 18.3. The molecule has 0 aliphatic rings. The number of hydrogen-bond donors (Lipinski definition) is 3. The SMILES string of the molecule is Cc1cccc(NS(=O)(=O)c2ccc(C(=O)Nc3ccc(CC(=O)NC(C)C)cc3)cc2)c1C. The number of anilines is 2. The van der Waals surface area contributed by atoms with Crippen LogP contribution in [0.3, 0.4) is 0 Å². The number of aryl methyl sites for hydroxylation is 1. The number of amides is 2. The summed E-state index contributed by atoms with van der Waals surface area (Å²) in [5.74, 6) is -0.425. The fourth-order valence-electron chi connectivity index (χ4n) is 3.32. The molecule has 0 unspecified atom stereocenters. The van der Waals surface area contributed by atoms with Crippen molar-refractivity contribution in [3.63, 3.8) is 0 Å². The third-order valence-electron chi connectivity index (χ3n) is 5.30. The molecule has 7 nitrogen and oxygen atoms in total. The van der Waals surface area contributed by atoms with Gasteiger partial charge in [0.2, 0.25) is 5.91 Å². The lowest BCUT2D eigenvalue weighted by Crippen LogP contribution is -2.31. The van der Waals surface area contributed by atoms with E-state index in [9.17, 15) is 18.0 Å². The Bertz CT molecular complexity index is 1280. The van der Waals surface area contributed by atoms with E-state index < -0.39 is 10.0 Å². The Balaban J connectivity index is 1.64. The molecule has 0 saturated carbocycles. The van der Waals surface area contributed by atoms with Crippen molar-refractivity contribution < 1.29 is 18.0 Å². The molecular formula is C26H29N3O4S. The first-order chi connectivity index (χ1) is 16.0. The maximum absolute atomic E-state index is 12.8. The average Bonchev–Trinajstić information content (AvgIpc) is 2.77. The third kappa shape index (κ3) is 6.45. The highest BCUT2D eigenvalue weighted by Gasteiger charge is 2.17. The van der Waals surface area contributed by atoms with Crippen LogP contribution in [0.2, 0.25) is 0 Å². The molecule has 3 aromatic carbocycles. The molecule has 3 aromatic rings. The quantitative estimate of drug-likeness (QED) is 0.445. The Kier molecular flexibility index (Phi) is 7.73. The number of benzene rings is 3. The molecule has 34 heavy (non-hydrogen) atoms. The van der Waals surface area contributed by atoms with Crippen LogP contribution in [0.5, 0.6) is 0 Å². The Morgan fingerprint density at radius 2 is 1.53 bits per heavy atom. The number of carbonyl (C=O) groups excluding carboxylic acids is 2. The van der Waals surface area contributed by atoms with Crippen LogP contribution in [0.15, 0.2) is 71.6 Å². The van der Waals surface area contributed by atoms with Crippen LogP contribution >= 0.6 is 0 Å². The topological polar surface area (TPSA) is 104 Å². The Hall–Kier alpha value is -3.65. The van der Waals surface area contributed by atoms with Crippen molar-refractivity contribution in [2.24, 2.45) is 0 Å². The molecular weight excluding hydrogens is 450 g/mol. The van der Waals surface area contributed by atoms with Gasteiger partial charge >= 0.3 is 0 Å². The molecule has 3 rings (SSSR count). The first-order valence-electron chi connectivity index (χ1n) is 10.9. The number of sulfonamides is 1. The molecule has 0 bridgehead atoms. The predicted molar refractivity (Wildman–Crippen MR) is 135 cm³/mol. The van der Waals surface area contributed by atoms with E-state index in [1.54, 1.807) is 36.4 Å². The van der Waals surface area contributed by atoms with E-state index in [1.165, 1.54) is 24.3 Å². The lowest BCUT2D eigenvalue weighted by atomic mass is 10.1. The second kappa shape index (κ2) is 10.5. The van der Waals surface area contributed by atoms with Crippen LogP contribution < -0.4 is 15.4 Å². The first-order valence-corrected chi connectivity index (χ1v) is 12.4. The van der Waals surface area contributed by atoms with Crippen molar-refractivity contribution in [2.75, 3.05) is 10.0 Å². The van der Waals surface area contributed by atoms with Crippen LogP contribution in [0.1, 0.15) is 40.9 Å². The highest BCUT2D eigenvalue weighted by atomic mass is 32.2. The van der Waals surface area contributed by atoms with Gasteiger partial charge in [-0.05, 0) is 86.8 Å². The van der Waals surface area contributed by atoms with Crippen molar-refractivity contribution in [3.05, 3.63) is 89.0 Å². The van der Waals surface area contributed by atoms with Gasteiger partial charge in [-0.3, -0.25) is 14.3 Å². The molecule has 0 saturated heterocycles. The van der Waals surface area contributed by atoms with Gasteiger partial charge in [0.25, 0.3) is 15.9 Å². The lowest BCUT2D eigenvalue weighted by Gasteiger charge is -2.12. The summed E-state index contributed by atoms with van der Waals surface area (Å²) in [5.41, 5.74) is 4.10. The summed E-state index contributed by atoms with van der Waals surface area (Å²) >= 11 is 0. The first kappa shape index (κ1) is 25.0. The Labute approximate surface area is 200 Å². The van der Waals surface area contributed by atoms with Crippen LogP contribution in [-0.4, -0.2) is 26.3 Å². The van der Waals surface area contributed by atoms with Gasteiger partial charge in [-0.1, -0.05) is 24.3 Å². The van der Waals surface area contributed by atoms with Crippen molar-refractivity contribution >= 4 is 33.2 Å². The van der Waals surface area contributed by atoms with Crippen molar-refractivity contribution in [2.45, 2.75) is 45.1 Å². The molecule has 8 heteroatoms. The lowest BCUT2D eigenvalue weighted by molar-refractivity contribution is -0.120. The third-order valence-corrected chi connectivity index (χ3v) is 6.68. The largest absolute Gasteiger partial charge is 0.354 e. The van der Waals surface area contributed by atoms with Gasteiger partial charge in [0.1, 0.15) is 0 Å². The molecule has 0 fully saturated rings. The molecule has 0 radical (unpaired) electrons. The van der Waals surface area contributed by atoms with E-state index in [0.29, 0.717) is 16.9 Å². The summed E-state index contributed by atoms with van der Waals surface area (Å²) in [7, 11) is -3.79. The molecule has 2 amide bonds. The smallest absolute Gasteiger partial charge is 0.261 e. The predicted octanol–water partition coefficient (Wildman–Crippen LogP) is 4.42. The second-order valence-electron chi connectivity index (χ2n) is 8.43. The Morgan fingerprint density at radius 3 is 2.15 bits per heavy atom. The molecule has 0 heterocycles. The van der Waals surface area contributed by atoms with Crippen LogP contribution in [0.25, 0.3) is 0 Å². The van der Waals surface area contributed by atoms with Crippen molar-refractivity contribution in [1.82, 2.24) is 5.32 Å². The van der Waals surface area contributed by atoms with E-state index >= 15 is 0 Å². The van der Waals surface area contributed by atoms with Gasteiger partial charge in [0, 0.05) is 17.3 Å². The summed E-state index contributed by atoms with van der Waals surface area (Å²) in [6.07, 6.45) is 0.262. The standard InChI is InChI=1S/C26H29N3O4S/c1-17(2)27-25(30)16-20-8-12-22(13-9-20)28-26(31)21-10-14-23(15-11-21)34(32,33)29-24-7-5-6-18(3)19(24)4/h5-15,17,29H,16H2,1-4H3,(H,27,30)(H,28,31). The zero-order valence-electron chi connectivity index (χ0n) is 19.7. The minimum Gasteiger partial charge on any atom is -0.354 e. The normalized spacial score (nSPS) is 11.2. The average molecular weight is 480 g/mol. The molecule has 3 N–H and O–H groups in total. The summed E-state index contributed by atoms with van der Waals surface area (Å²) in [5, 5.41) is 5.62. The number of carbonyl (C=O) groups is 2. The van der Waals surface area contributed by atoms with Crippen LogP contribution in [0.4, 0.5) is 11.4 Å². The maximum atomic E-state index is 12.8. The highest BCUT2D eigenvalue weighted by molar-refractivity contribution is 7.92. The minimum atomic E-state index is -3.79. The van der Waals surface area contributed by atoms with Gasteiger partial charge in [-0.2, -0.15) is 0 Å². The molecule has 178 valence electrons. The number of rotatable bonds is 8. The molecule has 0 spiro atoms. The molecule has 0 atom stereocenters. The van der Waals surface area contributed by atoms with E-state index in [-0.39, 0.29) is 29.2 Å². The zero-order valence-corrected chi connectivity index (χ0v) is 20.5. The van der Waals surface area contributed by atoms with Gasteiger partial charge in [-0.25, -0.2) is 8.42 Å². The van der Waals surface area contributed by atoms with Gasteiger partial charge < -0.3 is 10.6 Å². The molecule has 0 aromatic heterocycles. The maximum Gasteiger partial charge on any atom is 0.261 e. The molecule has 0 aliphatic carbocycles. The van der Waals surface area contributed by atoms with Gasteiger partial charge in [0.05, 0.1) is 17.0 Å². The number of nitrogens with one attached hydrogen (secondary N) is 3. The van der Waals surface area contributed by atoms with Gasteiger partial charge in [0.15, 0.2) is 0 Å². The van der Waals surface area contributed by atoms with E-state index in [4.69, 9.17) is 0 Å². The highest BCUT2D eigenvalue weighted by Crippen LogP contribution is 2.22. The van der Waals surface area contributed by atoms with E-state index in [0.717, 1.165) is 16.7 Å². The van der Waals surface area contributed by atoms with Gasteiger partial charge in [-0.15, -0.1) is 0 Å². The Morgan fingerprint density at radius 1 is 0.882 bits per heavy atom. The van der Waals surface area contributed by atoms with Crippen molar-refractivity contribution in [1.29, 1.82) is 0 Å². The summed E-state index contributed by atoms with van der Waals surface area (Å²) in [6.45, 7) is 7.57. The number of hydrogen-bond acceptors (Lipinski definition) is 4. The minimum absolute atomic E-state index is 0.0612.